The number of nitrogens with zero attached hydrogens (tertiary/aromatic N) is 1. The summed E-state index contributed by atoms with van der Waals surface area (Å²) in [4.78, 5) is 51.2. The van der Waals surface area contributed by atoms with E-state index in [-0.39, 0.29) is 19.4 Å². The maximum atomic E-state index is 12.8. The molecular weight excluding hydrogens is 478 g/mol. The van der Waals surface area contributed by atoms with Gasteiger partial charge in [-0.15, -0.1) is 0 Å². The molecule has 0 fully saturated rings. The molecule has 35 heavy (non-hydrogen) atoms. The third kappa shape index (κ3) is 5.65. The summed E-state index contributed by atoms with van der Waals surface area (Å²) in [7, 11) is 0. The van der Waals surface area contributed by atoms with Crippen LogP contribution in [0.1, 0.15) is 33.6 Å². The van der Waals surface area contributed by atoms with Crippen molar-refractivity contribution in [1.29, 1.82) is 0 Å². The second-order valence-electron chi connectivity index (χ2n) is 7.69. The summed E-state index contributed by atoms with van der Waals surface area (Å²) in [5.41, 5.74) is 1.26. The number of ether oxygens (including phenoxy) is 1. The third-order valence-corrected chi connectivity index (χ3v) is 6.07. The minimum absolute atomic E-state index is 0.0344. The number of hydrogen-bond acceptors (Lipinski definition) is 6. The molecule has 1 N–H and O–H groups in total. The van der Waals surface area contributed by atoms with Crippen molar-refractivity contribution in [3.63, 3.8) is 0 Å². The molecule has 0 saturated heterocycles. The molecule has 3 aromatic rings. The van der Waals surface area contributed by atoms with E-state index in [1.807, 2.05) is 12.1 Å². The zero-order valence-corrected chi connectivity index (χ0v) is 19.1. The first-order chi connectivity index (χ1) is 16.8. The Labute approximate surface area is 203 Å². The van der Waals surface area contributed by atoms with Crippen LogP contribution in [0, 0.1) is 0 Å². The molecule has 3 aromatic carbocycles. The monoisotopic (exact) mass is 498 g/mol. The maximum Gasteiger partial charge on any atom is 0.306 e. The molecule has 1 heterocycles. The number of esters is 1. The molecule has 10 heteroatoms. The topological polar surface area (TPSA) is 92.8 Å². The van der Waals surface area contributed by atoms with Crippen LogP contribution in [0.2, 0.25) is 0 Å². The van der Waals surface area contributed by atoms with Gasteiger partial charge in [-0.25, -0.2) is 0 Å². The number of imide groups is 1. The van der Waals surface area contributed by atoms with E-state index in [9.17, 15) is 28.0 Å². The predicted octanol–water partition coefficient (Wildman–Crippen LogP) is 4.71. The first kappa shape index (κ1) is 24.3. The molecule has 180 valence electrons. The van der Waals surface area contributed by atoms with Crippen LogP contribution in [0.3, 0.4) is 0 Å². The molecule has 1 aliphatic rings. The molecule has 0 spiro atoms. The number of hydrogen-bond donors (Lipinski definition) is 1. The van der Waals surface area contributed by atoms with Crippen LogP contribution < -0.4 is 5.32 Å². The van der Waals surface area contributed by atoms with Gasteiger partial charge in [0.05, 0.1) is 0 Å². The van der Waals surface area contributed by atoms with Gasteiger partial charge in [0.25, 0.3) is 23.5 Å². The van der Waals surface area contributed by atoms with Crippen LogP contribution in [0.15, 0.2) is 65.6 Å². The van der Waals surface area contributed by atoms with E-state index in [4.69, 9.17) is 4.74 Å². The molecule has 1 aliphatic heterocycles. The van der Waals surface area contributed by atoms with E-state index < -0.39 is 36.1 Å². The van der Waals surface area contributed by atoms with Crippen molar-refractivity contribution in [2.24, 2.45) is 0 Å². The van der Waals surface area contributed by atoms with E-state index in [2.05, 4.69) is 5.32 Å². The van der Waals surface area contributed by atoms with Crippen molar-refractivity contribution in [3.8, 4) is 0 Å². The summed E-state index contributed by atoms with van der Waals surface area (Å²) in [5, 5.41) is 3.95. The molecule has 0 bridgehead atoms. The Morgan fingerprint density at radius 2 is 1.57 bits per heavy atom. The zero-order chi connectivity index (χ0) is 24.9. The van der Waals surface area contributed by atoms with Crippen LogP contribution in [0.25, 0.3) is 10.8 Å². The molecule has 0 unspecified atom stereocenters. The van der Waals surface area contributed by atoms with Crippen LogP contribution in [0.5, 0.6) is 0 Å². The Kier molecular flexibility index (Phi) is 7.40. The number of carbonyl (C=O) groups is 4. The van der Waals surface area contributed by atoms with E-state index in [1.54, 1.807) is 24.3 Å². The third-order valence-electron chi connectivity index (χ3n) is 5.35. The maximum absolute atomic E-state index is 12.8. The Hall–Kier alpha value is -3.79. The van der Waals surface area contributed by atoms with E-state index in [0.717, 1.165) is 10.3 Å². The lowest BCUT2D eigenvalue weighted by atomic mass is 9.94. The molecule has 0 atom stereocenters. The molecule has 4 rings (SSSR count). The van der Waals surface area contributed by atoms with Crippen molar-refractivity contribution in [2.75, 3.05) is 18.5 Å². The van der Waals surface area contributed by atoms with E-state index >= 15 is 0 Å². The van der Waals surface area contributed by atoms with Gasteiger partial charge >= 0.3 is 5.97 Å². The number of amides is 3. The Balaban J connectivity index is 1.24. The summed E-state index contributed by atoms with van der Waals surface area (Å²) in [6.07, 6.45) is 0.0923. The second kappa shape index (κ2) is 10.6. The highest BCUT2D eigenvalue weighted by Crippen LogP contribution is 2.30. The fourth-order valence-electron chi connectivity index (χ4n) is 3.80. The summed E-state index contributed by atoms with van der Waals surface area (Å²) < 4.78 is 29.7. The van der Waals surface area contributed by atoms with Gasteiger partial charge in [-0.3, -0.25) is 24.1 Å². The zero-order valence-electron chi connectivity index (χ0n) is 18.3. The van der Waals surface area contributed by atoms with Gasteiger partial charge in [0.1, 0.15) is 0 Å². The summed E-state index contributed by atoms with van der Waals surface area (Å²) in [5.74, 6) is -4.59. The molecule has 0 radical (unpaired) electrons. The number of anilines is 1. The minimum Gasteiger partial charge on any atom is -0.456 e. The van der Waals surface area contributed by atoms with Crippen molar-refractivity contribution >= 4 is 51.9 Å². The van der Waals surface area contributed by atoms with Gasteiger partial charge in [0.2, 0.25) is 0 Å². The van der Waals surface area contributed by atoms with Gasteiger partial charge in [0.15, 0.2) is 6.61 Å². The highest BCUT2D eigenvalue weighted by Gasteiger charge is 2.32. The van der Waals surface area contributed by atoms with Gasteiger partial charge in [-0.1, -0.05) is 36.0 Å². The Bertz CT molecular complexity index is 1250. The first-order valence-electron chi connectivity index (χ1n) is 10.7. The fourth-order valence-corrected chi connectivity index (χ4v) is 4.30. The quantitative estimate of drug-likeness (QED) is 0.261. The van der Waals surface area contributed by atoms with Crippen LogP contribution in [0.4, 0.5) is 14.5 Å². The van der Waals surface area contributed by atoms with Gasteiger partial charge in [-0.2, -0.15) is 8.78 Å². The van der Waals surface area contributed by atoms with Gasteiger partial charge < -0.3 is 10.1 Å². The first-order valence-corrected chi connectivity index (χ1v) is 11.6. The summed E-state index contributed by atoms with van der Waals surface area (Å²) in [6, 6.07) is 16.4. The number of alkyl halides is 2. The van der Waals surface area contributed by atoms with Crippen LogP contribution in [-0.2, 0) is 14.3 Å². The fraction of sp³-hybridized carbons (Fsp3) is 0.200. The van der Waals surface area contributed by atoms with Crippen LogP contribution in [-0.4, -0.2) is 47.5 Å². The van der Waals surface area contributed by atoms with Crippen molar-refractivity contribution in [2.45, 2.75) is 23.5 Å². The van der Waals surface area contributed by atoms with E-state index in [0.29, 0.717) is 38.9 Å². The summed E-state index contributed by atoms with van der Waals surface area (Å²) >= 11 is 0.393. The second-order valence-corrected chi connectivity index (χ2v) is 8.75. The Morgan fingerprint density at radius 1 is 0.943 bits per heavy atom. The number of halogens is 2. The normalized spacial score (nSPS) is 12.8. The average molecular weight is 499 g/mol. The highest BCUT2D eigenvalue weighted by atomic mass is 32.2. The summed E-state index contributed by atoms with van der Waals surface area (Å²) in [6.45, 7) is -0.490. The Morgan fingerprint density at radius 3 is 2.17 bits per heavy atom. The number of rotatable bonds is 9. The van der Waals surface area contributed by atoms with Crippen molar-refractivity contribution in [1.82, 2.24) is 4.90 Å². The smallest absolute Gasteiger partial charge is 0.306 e. The van der Waals surface area contributed by atoms with Crippen LogP contribution >= 0.6 is 11.8 Å². The lowest BCUT2D eigenvalue weighted by Gasteiger charge is -2.27. The predicted molar refractivity (Wildman–Crippen MR) is 126 cm³/mol. The van der Waals surface area contributed by atoms with Crippen molar-refractivity contribution < 1.29 is 32.7 Å². The molecule has 0 aromatic heterocycles. The molecule has 3 amide bonds. The minimum atomic E-state index is -2.54. The van der Waals surface area contributed by atoms with E-state index in [1.165, 1.54) is 24.3 Å². The molecule has 0 saturated carbocycles. The molecular formula is C25H20F2N2O5S. The molecule has 0 aliphatic carbocycles. The largest absolute Gasteiger partial charge is 0.456 e. The lowest BCUT2D eigenvalue weighted by Crippen LogP contribution is -2.41. The van der Waals surface area contributed by atoms with Crippen molar-refractivity contribution in [3.05, 3.63) is 71.8 Å². The van der Waals surface area contributed by atoms with Gasteiger partial charge in [0, 0.05) is 40.1 Å². The number of thioether (sulfide) groups is 1. The molecule has 7 nitrogen and oxygen atoms in total. The highest BCUT2D eigenvalue weighted by molar-refractivity contribution is 7.99. The average Bonchev–Trinajstić information content (AvgIpc) is 2.84. The number of carbonyl (C=O) groups excluding carboxylic acids is 4. The number of benzene rings is 3. The lowest BCUT2D eigenvalue weighted by molar-refractivity contribution is -0.147. The number of nitrogens with one attached hydrogen (secondary N) is 1. The standard InChI is InChI=1S/C25H20F2N2O5S/c26-25(27)35-17-11-9-16(10-12-17)28-20(30)14-34-21(31)8-3-13-29-23(32)18-6-1-4-15-5-2-7-19(22(15)18)24(29)33/h1-2,4-7,9-12,25H,3,8,13-14H2,(H,28,30). The van der Waals surface area contributed by atoms with Gasteiger partial charge in [-0.05, 0) is 48.2 Å². The SMILES string of the molecule is O=C(COC(=O)CCCN1C(=O)c2cccc3cccc(c23)C1=O)Nc1ccc(SC(F)F)cc1.